The summed E-state index contributed by atoms with van der Waals surface area (Å²) < 4.78 is 73.6. The van der Waals surface area contributed by atoms with Crippen LogP contribution in [0.2, 0.25) is 0 Å². The maximum atomic E-state index is 16.1. The highest BCUT2D eigenvalue weighted by Crippen LogP contribution is 2.46. The van der Waals surface area contributed by atoms with Gasteiger partial charge in [0.15, 0.2) is 10.9 Å². The van der Waals surface area contributed by atoms with Gasteiger partial charge >= 0.3 is 6.18 Å². The molecular weight excluding hydrogens is 539 g/mol. The molecule has 202 valence electrons. The van der Waals surface area contributed by atoms with Gasteiger partial charge in [0.2, 0.25) is 5.91 Å². The van der Waals surface area contributed by atoms with Gasteiger partial charge in [-0.3, -0.25) is 4.79 Å². The molecule has 2 saturated heterocycles. The number of hydrogen-bond donors (Lipinski definition) is 1. The topological polar surface area (TPSA) is 88.2 Å². The van der Waals surface area contributed by atoms with Crippen LogP contribution < -0.4 is 10.6 Å². The van der Waals surface area contributed by atoms with Crippen LogP contribution in [0.15, 0.2) is 37.2 Å². The smallest absolute Gasteiger partial charge is 0.375 e. The number of thiazole rings is 1. The van der Waals surface area contributed by atoms with Crippen molar-refractivity contribution in [1.29, 1.82) is 0 Å². The third kappa shape index (κ3) is 4.06. The van der Waals surface area contributed by atoms with E-state index in [1.165, 1.54) is 6.08 Å². The highest BCUT2D eigenvalue weighted by molar-refractivity contribution is 7.22. The van der Waals surface area contributed by atoms with E-state index in [2.05, 4.69) is 21.5 Å². The first kappa shape index (κ1) is 25.4. The van der Waals surface area contributed by atoms with Gasteiger partial charge < -0.3 is 15.5 Å². The van der Waals surface area contributed by atoms with E-state index in [1.54, 1.807) is 4.90 Å². The molecule has 13 heteroatoms. The number of rotatable bonds is 3. The number of hydrogen-bond acceptors (Lipinski definition) is 7. The number of fused-ring (bicyclic) bond motifs is 2. The zero-order valence-corrected chi connectivity index (χ0v) is 21.2. The van der Waals surface area contributed by atoms with Gasteiger partial charge in [-0.1, -0.05) is 17.9 Å². The second-order valence-corrected chi connectivity index (χ2v) is 10.9. The van der Waals surface area contributed by atoms with Gasteiger partial charge in [0, 0.05) is 48.1 Å². The van der Waals surface area contributed by atoms with Crippen molar-refractivity contribution in [1.82, 2.24) is 19.9 Å². The van der Waals surface area contributed by atoms with Crippen molar-refractivity contribution in [3.05, 3.63) is 54.4 Å². The third-order valence-electron chi connectivity index (χ3n) is 7.60. The molecular formula is C26H21F5N6OS. The average molecular weight is 561 g/mol. The molecule has 2 N–H and O–H groups in total. The predicted molar refractivity (Wildman–Crippen MR) is 138 cm³/mol. The number of nitrogens with two attached hydrogens (primary N) is 1. The molecule has 7 nitrogen and oxygen atoms in total. The molecule has 1 spiro atoms. The highest BCUT2D eigenvalue weighted by atomic mass is 32.1. The molecule has 1 amide bonds. The number of piperidine rings is 1. The summed E-state index contributed by atoms with van der Waals surface area (Å²) in [4.78, 5) is 27.6. The minimum Gasteiger partial charge on any atom is -0.375 e. The second-order valence-electron chi connectivity index (χ2n) is 9.91. The Morgan fingerprint density at radius 3 is 2.51 bits per heavy atom. The minimum atomic E-state index is -4.95. The van der Waals surface area contributed by atoms with Crippen LogP contribution in [0.1, 0.15) is 18.4 Å². The molecule has 6 rings (SSSR count). The van der Waals surface area contributed by atoms with E-state index in [4.69, 9.17) is 5.73 Å². The lowest BCUT2D eigenvalue weighted by atomic mass is 9.72. The third-order valence-corrected chi connectivity index (χ3v) is 8.49. The van der Waals surface area contributed by atoms with Gasteiger partial charge in [-0.05, 0) is 37.1 Å². The lowest BCUT2D eigenvalue weighted by Gasteiger charge is -2.54. The number of halogens is 5. The second kappa shape index (κ2) is 8.83. The molecule has 2 fully saturated rings. The van der Waals surface area contributed by atoms with Crippen molar-refractivity contribution in [3.8, 4) is 11.1 Å². The molecule has 0 aliphatic carbocycles. The first-order chi connectivity index (χ1) is 18.5. The number of likely N-dealkylation sites (tertiary alicyclic amines) is 1. The summed E-state index contributed by atoms with van der Waals surface area (Å²) in [7, 11) is 0. The highest BCUT2D eigenvalue weighted by Gasteiger charge is 2.46. The largest absolute Gasteiger partial charge is 0.417 e. The monoisotopic (exact) mass is 560 g/mol. The van der Waals surface area contributed by atoms with Crippen molar-refractivity contribution in [2.24, 2.45) is 5.41 Å². The summed E-state index contributed by atoms with van der Waals surface area (Å²) in [6, 6.07) is 2.89. The van der Waals surface area contributed by atoms with Crippen molar-refractivity contribution < 1.29 is 26.7 Å². The van der Waals surface area contributed by atoms with Gasteiger partial charge in [-0.2, -0.15) is 13.2 Å². The van der Waals surface area contributed by atoms with Crippen LogP contribution in [-0.2, 0) is 11.0 Å². The molecule has 2 aliphatic rings. The molecule has 0 saturated carbocycles. The first-order valence-corrected chi connectivity index (χ1v) is 12.9. The average Bonchev–Trinajstić information content (AvgIpc) is 3.29. The van der Waals surface area contributed by atoms with E-state index in [1.807, 2.05) is 4.90 Å². The van der Waals surface area contributed by atoms with E-state index >= 15 is 4.39 Å². The van der Waals surface area contributed by atoms with Gasteiger partial charge in [0.05, 0.1) is 15.8 Å². The zero-order chi connectivity index (χ0) is 27.7. The fourth-order valence-corrected chi connectivity index (χ4v) is 6.40. The van der Waals surface area contributed by atoms with E-state index in [-0.39, 0.29) is 49.0 Å². The Kier molecular flexibility index (Phi) is 5.75. The molecule has 0 bridgehead atoms. The van der Waals surface area contributed by atoms with Crippen LogP contribution in [0.25, 0.3) is 32.2 Å². The van der Waals surface area contributed by atoms with Crippen LogP contribution in [0.4, 0.5) is 32.9 Å². The van der Waals surface area contributed by atoms with Crippen LogP contribution >= 0.6 is 11.3 Å². The number of carbonyl (C=O) groups is 1. The van der Waals surface area contributed by atoms with Crippen LogP contribution in [0.3, 0.4) is 0 Å². The van der Waals surface area contributed by atoms with Gasteiger partial charge in [0.25, 0.3) is 0 Å². The molecule has 0 radical (unpaired) electrons. The number of aromatic nitrogens is 3. The Bertz CT molecular complexity index is 1650. The Morgan fingerprint density at radius 1 is 1.13 bits per heavy atom. The van der Waals surface area contributed by atoms with Crippen molar-refractivity contribution in [2.45, 2.75) is 19.0 Å². The summed E-state index contributed by atoms with van der Waals surface area (Å²) in [6.45, 7) is 5.65. The number of carbonyl (C=O) groups excluding carboxylic acids is 1. The SMILES string of the molecule is C=CC(=O)N1CC2(CCN(c3ncnc4c(F)c(-c5ccc(F)c6sc(N)nc56)c(C(F)(F)F)cc34)CC2)C1. The summed E-state index contributed by atoms with van der Waals surface area (Å²) in [5.41, 5.74) is 2.97. The fraction of sp³-hybridized carbons (Fsp3) is 0.308. The maximum absolute atomic E-state index is 16.1. The van der Waals surface area contributed by atoms with Gasteiger partial charge in [-0.25, -0.2) is 23.7 Å². The normalized spacial score (nSPS) is 17.2. The molecule has 4 heterocycles. The van der Waals surface area contributed by atoms with Gasteiger partial charge in [-0.15, -0.1) is 0 Å². The van der Waals surface area contributed by atoms with Crippen LogP contribution in [-0.4, -0.2) is 51.9 Å². The van der Waals surface area contributed by atoms with Crippen molar-refractivity contribution in [2.75, 3.05) is 36.8 Å². The predicted octanol–water partition coefficient (Wildman–Crippen LogP) is 5.40. The Labute approximate surface area is 222 Å². The molecule has 0 atom stereocenters. The minimum absolute atomic E-state index is 0.0537. The van der Waals surface area contributed by atoms with Crippen LogP contribution in [0, 0.1) is 17.0 Å². The summed E-state index contributed by atoms with van der Waals surface area (Å²) in [5, 5.41) is -0.128. The lowest BCUT2D eigenvalue weighted by molar-refractivity contribution is -0.139. The van der Waals surface area contributed by atoms with Crippen molar-refractivity contribution >= 4 is 49.3 Å². The first-order valence-electron chi connectivity index (χ1n) is 12.1. The standard InChI is InChI=1S/C26H21F5N6OS/c1-2-17(38)37-10-25(11-37)5-7-36(8-6-25)23-14-9-15(26(29,30)31)18(19(28)20(14)33-12-34-23)13-3-4-16(27)22-21(13)35-24(32)39-22/h2-4,9,12H,1,5-8,10-11H2,(H2,32,35). The summed E-state index contributed by atoms with van der Waals surface area (Å²) in [6.07, 6.45) is -1.15. The number of amides is 1. The van der Waals surface area contributed by atoms with E-state index in [0.717, 1.165) is 35.9 Å². The fourth-order valence-electron chi connectivity index (χ4n) is 5.64. The lowest BCUT2D eigenvalue weighted by Crippen LogP contribution is -2.61. The number of nitrogens with zero attached hydrogens (tertiary/aromatic N) is 5. The Balaban J connectivity index is 1.43. The molecule has 2 aromatic carbocycles. The van der Waals surface area contributed by atoms with E-state index in [9.17, 15) is 22.4 Å². The van der Waals surface area contributed by atoms with E-state index in [0.29, 0.717) is 39.0 Å². The Morgan fingerprint density at radius 2 is 1.85 bits per heavy atom. The zero-order valence-electron chi connectivity index (χ0n) is 20.4. The quantitative estimate of drug-likeness (QED) is 0.267. The number of alkyl halides is 3. The molecule has 0 unspecified atom stereocenters. The Hall–Kier alpha value is -3.87. The number of nitrogen functional groups attached to an aromatic ring is 1. The van der Waals surface area contributed by atoms with Gasteiger partial charge in [0.1, 0.15) is 23.5 Å². The van der Waals surface area contributed by atoms with E-state index < -0.39 is 28.9 Å². The molecule has 39 heavy (non-hydrogen) atoms. The number of anilines is 2. The summed E-state index contributed by atoms with van der Waals surface area (Å²) >= 11 is 0.770. The van der Waals surface area contributed by atoms with Crippen LogP contribution in [0.5, 0.6) is 0 Å². The van der Waals surface area contributed by atoms with Crippen molar-refractivity contribution in [3.63, 3.8) is 0 Å². The maximum Gasteiger partial charge on any atom is 0.417 e. The molecule has 2 aliphatic heterocycles. The summed E-state index contributed by atoms with van der Waals surface area (Å²) in [5.74, 6) is -1.84. The number of benzene rings is 2. The molecule has 4 aromatic rings. The molecule has 2 aromatic heterocycles.